The molecule has 1 N–H and O–H groups in total. The molecule has 16 heavy (non-hydrogen) atoms. The minimum atomic E-state index is 0.618. The smallest absolute Gasteiger partial charge is 0.0939 e. The summed E-state index contributed by atoms with van der Waals surface area (Å²) in [6.07, 6.45) is 3.44. The van der Waals surface area contributed by atoms with Gasteiger partial charge in [-0.2, -0.15) is 0 Å². The predicted octanol–water partition coefficient (Wildman–Crippen LogP) is 3.23. The number of nitrogens with zero attached hydrogens (tertiary/aromatic N) is 1. The van der Waals surface area contributed by atoms with E-state index in [1.54, 1.807) is 0 Å². The molecule has 0 spiro atoms. The first kappa shape index (κ1) is 11.6. The zero-order valence-corrected chi connectivity index (χ0v) is 10.7. The summed E-state index contributed by atoms with van der Waals surface area (Å²) in [5.41, 5.74) is 1.14. The van der Waals surface area contributed by atoms with Gasteiger partial charge in [0.2, 0.25) is 0 Å². The third kappa shape index (κ3) is 2.60. The maximum absolute atomic E-state index is 4.64. The second-order valence-corrected chi connectivity index (χ2v) is 5.12. The van der Waals surface area contributed by atoms with Crippen LogP contribution in [0.3, 0.4) is 0 Å². The Morgan fingerprint density at radius 3 is 2.88 bits per heavy atom. The van der Waals surface area contributed by atoms with Gasteiger partial charge in [0.25, 0.3) is 0 Å². The van der Waals surface area contributed by atoms with Gasteiger partial charge in [0.1, 0.15) is 0 Å². The average molecular weight is 234 g/mol. The van der Waals surface area contributed by atoms with Crippen molar-refractivity contribution in [1.29, 1.82) is 0 Å². The Labute approximate surface area is 101 Å². The van der Waals surface area contributed by atoms with Gasteiger partial charge in [-0.05, 0) is 32.0 Å². The molecule has 2 aromatic rings. The molecule has 2 rings (SSSR count). The fraction of sp³-hybridized carbons (Fsp3) is 0.462. The number of aryl methyl sites for hydroxylation is 1. The molecule has 2 nitrogen and oxygen atoms in total. The first-order valence-corrected chi connectivity index (χ1v) is 6.67. The molecular formula is C13H18N2S. The second kappa shape index (κ2) is 5.41. The van der Waals surface area contributed by atoms with Gasteiger partial charge in [-0.15, -0.1) is 11.3 Å². The number of para-hydroxylation sites is 1. The summed E-state index contributed by atoms with van der Waals surface area (Å²) in [6, 6.07) is 8.98. The Bertz CT molecular complexity index is 413. The number of benzene rings is 1. The number of thiazole rings is 1. The number of fused-ring (bicyclic) bond motifs is 1. The van der Waals surface area contributed by atoms with Crippen molar-refractivity contribution in [2.45, 2.75) is 32.2 Å². The largest absolute Gasteiger partial charge is 0.317 e. The van der Waals surface area contributed by atoms with Crippen LogP contribution in [0.4, 0.5) is 0 Å². The van der Waals surface area contributed by atoms with Crippen molar-refractivity contribution in [3.8, 4) is 0 Å². The lowest BCUT2D eigenvalue weighted by Crippen LogP contribution is -2.24. The van der Waals surface area contributed by atoms with E-state index in [1.165, 1.54) is 22.5 Å². The molecular weight excluding hydrogens is 216 g/mol. The maximum atomic E-state index is 4.64. The Balaban J connectivity index is 2.04. The summed E-state index contributed by atoms with van der Waals surface area (Å²) in [7, 11) is 2.03. The van der Waals surface area contributed by atoms with Gasteiger partial charge in [0.15, 0.2) is 0 Å². The SMILES string of the molecule is CCC(CCc1nc2ccccc2s1)NC. The van der Waals surface area contributed by atoms with Gasteiger partial charge in [-0.25, -0.2) is 4.98 Å². The highest BCUT2D eigenvalue weighted by Gasteiger charge is 2.06. The van der Waals surface area contributed by atoms with Crippen LogP contribution >= 0.6 is 11.3 Å². The van der Waals surface area contributed by atoms with Crippen molar-refractivity contribution < 1.29 is 0 Å². The Morgan fingerprint density at radius 2 is 2.19 bits per heavy atom. The maximum Gasteiger partial charge on any atom is 0.0939 e. The van der Waals surface area contributed by atoms with Gasteiger partial charge in [0.05, 0.1) is 15.2 Å². The standard InChI is InChI=1S/C13H18N2S/c1-3-10(14-2)8-9-13-15-11-6-4-5-7-12(11)16-13/h4-7,10,14H,3,8-9H2,1-2H3. The van der Waals surface area contributed by atoms with Crippen molar-refractivity contribution in [2.24, 2.45) is 0 Å². The van der Waals surface area contributed by atoms with Gasteiger partial charge < -0.3 is 5.32 Å². The molecule has 3 heteroatoms. The van der Waals surface area contributed by atoms with E-state index in [0.717, 1.165) is 11.9 Å². The summed E-state index contributed by atoms with van der Waals surface area (Å²) in [5, 5.41) is 4.59. The normalized spacial score (nSPS) is 13.1. The highest BCUT2D eigenvalue weighted by Crippen LogP contribution is 2.22. The highest BCUT2D eigenvalue weighted by molar-refractivity contribution is 7.18. The fourth-order valence-corrected chi connectivity index (χ4v) is 2.86. The summed E-state index contributed by atoms with van der Waals surface area (Å²) in [5.74, 6) is 0. The first-order valence-electron chi connectivity index (χ1n) is 5.85. The van der Waals surface area contributed by atoms with Gasteiger partial charge >= 0.3 is 0 Å². The summed E-state index contributed by atoms with van der Waals surface area (Å²) in [4.78, 5) is 4.64. The molecule has 0 aliphatic heterocycles. The third-order valence-electron chi connectivity index (χ3n) is 2.95. The van der Waals surface area contributed by atoms with Crippen LogP contribution in [0.5, 0.6) is 0 Å². The van der Waals surface area contributed by atoms with E-state index in [9.17, 15) is 0 Å². The third-order valence-corrected chi connectivity index (χ3v) is 4.04. The van der Waals surface area contributed by atoms with Crippen molar-refractivity contribution >= 4 is 21.6 Å². The van der Waals surface area contributed by atoms with Crippen molar-refractivity contribution in [3.05, 3.63) is 29.3 Å². The van der Waals surface area contributed by atoms with Crippen LogP contribution in [0.15, 0.2) is 24.3 Å². The Hall–Kier alpha value is -0.930. The molecule has 0 aliphatic rings. The van der Waals surface area contributed by atoms with Crippen molar-refractivity contribution in [3.63, 3.8) is 0 Å². The van der Waals surface area contributed by atoms with Gasteiger partial charge in [0, 0.05) is 12.5 Å². The quantitative estimate of drug-likeness (QED) is 0.859. The number of aromatic nitrogens is 1. The van der Waals surface area contributed by atoms with Crippen molar-refractivity contribution in [2.75, 3.05) is 7.05 Å². The molecule has 0 aliphatic carbocycles. The van der Waals surface area contributed by atoms with Gasteiger partial charge in [-0.1, -0.05) is 19.1 Å². The monoisotopic (exact) mass is 234 g/mol. The first-order chi connectivity index (χ1) is 7.83. The minimum Gasteiger partial charge on any atom is -0.317 e. The summed E-state index contributed by atoms with van der Waals surface area (Å²) < 4.78 is 1.30. The number of hydrogen-bond acceptors (Lipinski definition) is 3. The lowest BCUT2D eigenvalue weighted by Gasteiger charge is -2.11. The molecule has 1 aromatic carbocycles. The van der Waals surface area contributed by atoms with Crippen LogP contribution in [0.2, 0.25) is 0 Å². The zero-order valence-electron chi connectivity index (χ0n) is 9.86. The molecule has 0 bridgehead atoms. The molecule has 1 atom stereocenters. The van der Waals surface area contributed by atoms with Crippen LogP contribution in [0, 0.1) is 0 Å². The molecule has 0 amide bonds. The van der Waals surface area contributed by atoms with Crippen LogP contribution in [-0.2, 0) is 6.42 Å². The Kier molecular flexibility index (Phi) is 3.91. The fourth-order valence-electron chi connectivity index (χ4n) is 1.88. The van der Waals surface area contributed by atoms with E-state index in [4.69, 9.17) is 0 Å². The topological polar surface area (TPSA) is 24.9 Å². The highest BCUT2D eigenvalue weighted by atomic mass is 32.1. The van der Waals surface area contributed by atoms with E-state index in [-0.39, 0.29) is 0 Å². The van der Waals surface area contributed by atoms with Crippen LogP contribution < -0.4 is 5.32 Å². The summed E-state index contributed by atoms with van der Waals surface area (Å²) in [6.45, 7) is 2.22. The summed E-state index contributed by atoms with van der Waals surface area (Å²) >= 11 is 1.82. The molecule has 0 fully saturated rings. The van der Waals surface area contributed by atoms with E-state index in [0.29, 0.717) is 6.04 Å². The van der Waals surface area contributed by atoms with Crippen LogP contribution in [-0.4, -0.2) is 18.1 Å². The zero-order chi connectivity index (χ0) is 11.4. The molecule has 0 radical (unpaired) electrons. The van der Waals surface area contributed by atoms with Crippen LogP contribution in [0.25, 0.3) is 10.2 Å². The van der Waals surface area contributed by atoms with E-state index >= 15 is 0 Å². The Morgan fingerprint density at radius 1 is 1.38 bits per heavy atom. The molecule has 0 saturated heterocycles. The van der Waals surface area contributed by atoms with Gasteiger partial charge in [-0.3, -0.25) is 0 Å². The van der Waals surface area contributed by atoms with E-state index < -0.39 is 0 Å². The number of hydrogen-bond donors (Lipinski definition) is 1. The van der Waals surface area contributed by atoms with E-state index in [1.807, 2.05) is 24.5 Å². The van der Waals surface area contributed by atoms with Crippen molar-refractivity contribution in [1.82, 2.24) is 10.3 Å². The number of nitrogens with one attached hydrogen (secondary N) is 1. The average Bonchev–Trinajstić information content (AvgIpc) is 2.73. The minimum absolute atomic E-state index is 0.618. The number of rotatable bonds is 5. The molecule has 0 saturated carbocycles. The second-order valence-electron chi connectivity index (χ2n) is 4.01. The molecule has 1 heterocycles. The van der Waals surface area contributed by atoms with E-state index in [2.05, 4.69) is 35.4 Å². The lowest BCUT2D eigenvalue weighted by atomic mass is 10.1. The predicted molar refractivity (Wildman–Crippen MR) is 71.1 cm³/mol. The molecule has 1 aromatic heterocycles. The lowest BCUT2D eigenvalue weighted by molar-refractivity contribution is 0.508. The van der Waals surface area contributed by atoms with Crippen LogP contribution in [0.1, 0.15) is 24.8 Å². The molecule has 86 valence electrons. The molecule has 1 unspecified atom stereocenters.